The Balaban J connectivity index is 1.62. The zero-order valence-corrected chi connectivity index (χ0v) is 16.6. The highest BCUT2D eigenvalue weighted by Gasteiger charge is 2.38. The summed E-state index contributed by atoms with van der Waals surface area (Å²) in [6, 6.07) is 6.81. The smallest absolute Gasteiger partial charge is 0.336 e. The lowest BCUT2D eigenvalue weighted by molar-refractivity contribution is -0.124. The Hall–Kier alpha value is -2.34. The van der Waals surface area contributed by atoms with Crippen LogP contribution in [0, 0.1) is 6.92 Å². The van der Waals surface area contributed by atoms with Crippen LogP contribution in [0.2, 0.25) is 0 Å². The predicted molar refractivity (Wildman–Crippen MR) is 105 cm³/mol. The summed E-state index contributed by atoms with van der Waals surface area (Å²) < 4.78 is 10.8. The van der Waals surface area contributed by atoms with Crippen LogP contribution in [0.15, 0.2) is 33.5 Å². The van der Waals surface area contributed by atoms with Crippen LogP contribution in [0.25, 0.3) is 11.0 Å². The van der Waals surface area contributed by atoms with E-state index in [1.54, 1.807) is 12.1 Å². The Morgan fingerprint density at radius 2 is 1.89 bits per heavy atom. The molecule has 0 radical (unpaired) electrons. The summed E-state index contributed by atoms with van der Waals surface area (Å²) in [6.45, 7) is 10.4. The molecule has 6 heteroatoms. The van der Waals surface area contributed by atoms with Gasteiger partial charge in [-0.05, 0) is 65.2 Å². The minimum absolute atomic E-state index is 0.0334. The maximum Gasteiger partial charge on any atom is 0.336 e. The first-order valence-electron chi connectivity index (χ1n) is 9.29. The van der Waals surface area contributed by atoms with Gasteiger partial charge in [-0.3, -0.25) is 4.79 Å². The van der Waals surface area contributed by atoms with Gasteiger partial charge in [-0.25, -0.2) is 4.79 Å². The minimum Gasteiger partial charge on any atom is -0.484 e. The molecule has 1 aromatic carbocycles. The lowest BCUT2D eigenvalue weighted by Crippen LogP contribution is -2.62. The first-order chi connectivity index (χ1) is 12.5. The monoisotopic (exact) mass is 372 g/mol. The molecule has 146 valence electrons. The van der Waals surface area contributed by atoms with Crippen LogP contribution in [0.5, 0.6) is 5.75 Å². The number of benzene rings is 1. The number of amides is 1. The highest BCUT2D eigenvalue weighted by Crippen LogP contribution is 2.28. The molecule has 0 atom stereocenters. The Morgan fingerprint density at radius 3 is 2.56 bits per heavy atom. The van der Waals surface area contributed by atoms with E-state index in [0.29, 0.717) is 11.3 Å². The van der Waals surface area contributed by atoms with Gasteiger partial charge in [-0.1, -0.05) is 0 Å². The molecule has 0 spiro atoms. The molecule has 2 heterocycles. The van der Waals surface area contributed by atoms with Crippen molar-refractivity contribution < 1.29 is 13.9 Å². The topological polar surface area (TPSA) is 80.6 Å². The molecule has 0 aliphatic carbocycles. The van der Waals surface area contributed by atoms with Gasteiger partial charge in [0.05, 0.1) is 0 Å². The van der Waals surface area contributed by atoms with Gasteiger partial charge >= 0.3 is 5.63 Å². The molecule has 2 aromatic rings. The molecular formula is C21H28N2O4. The quantitative estimate of drug-likeness (QED) is 0.807. The van der Waals surface area contributed by atoms with E-state index in [1.807, 2.05) is 13.0 Å². The number of fused-ring (bicyclic) bond motifs is 1. The number of hydrogen-bond donors (Lipinski definition) is 2. The third-order valence-electron chi connectivity index (χ3n) is 4.85. The summed E-state index contributed by atoms with van der Waals surface area (Å²) in [5.41, 5.74) is 0.843. The Bertz CT molecular complexity index is 898. The lowest BCUT2D eigenvalue weighted by atomic mass is 9.79. The summed E-state index contributed by atoms with van der Waals surface area (Å²) in [5.74, 6) is 0.344. The largest absolute Gasteiger partial charge is 0.484 e. The molecule has 1 saturated heterocycles. The van der Waals surface area contributed by atoms with Crippen molar-refractivity contribution >= 4 is 16.9 Å². The Morgan fingerprint density at radius 1 is 1.22 bits per heavy atom. The first kappa shape index (κ1) is 19.4. The van der Waals surface area contributed by atoms with Crippen LogP contribution >= 0.6 is 0 Å². The van der Waals surface area contributed by atoms with E-state index in [-0.39, 0.29) is 29.6 Å². The fourth-order valence-electron chi connectivity index (χ4n) is 4.24. The van der Waals surface area contributed by atoms with Crippen LogP contribution < -0.4 is 21.0 Å². The summed E-state index contributed by atoms with van der Waals surface area (Å²) in [5, 5.41) is 7.53. The van der Waals surface area contributed by atoms with Gasteiger partial charge in [0.15, 0.2) is 6.61 Å². The van der Waals surface area contributed by atoms with Crippen LogP contribution in [0.1, 0.15) is 46.1 Å². The van der Waals surface area contributed by atoms with Crippen molar-refractivity contribution in [1.29, 1.82) is 0 Å². The summed E-state index contributed by atoms with van der Waals surface area (Å²) >= 11 is 0. The standard InChI is InChI=1S/C21H28N2O4/c1-13-8-19(25)27-17-9-15(6-7-16(13)17)26-12-18(24)22-14-10-20(2,3)23-21(4,5)11-14/h6-9,14,23H,10-12H2,1-5H3,(H,22,24). The molecule has 0 bridgehead atoms. The summed E-state index contributed by atoms with van der Waals surface area (Å²) in [6.07, 6.45) is 1.73. The molecule has 1 aliphatic heterocycles. The third kappa shape index (κ3) is 4.89. The molecular weight excluding hydrogens is 344 g/mol. The maximum absolute atomic E-state index is 12.3. The third-order valence-corrected chi connectivity index (χ3v) is 4.85. The van der Waals surface area contributed by atoms with Gasteiger partial charge in [0.25, 0.3) is 5.91 Å². The first-order valence-corrected chi connectivity index (χ1v) is 9.29. The van der Waals surface area contributed by atoms with E-state index in [2.05, 4.69) is 38.3 Å². The molecule has 2 N–H and O–H groups in total. The molecule has 27 heavy (non-hydrogen) atoms. The fraction of sp³-hybridized carbons (Fsp3) is 0.524. The SMILES string of the molecule is Cc1cc(=O)oc2cc(OCC(=O)NC3CC(C)(C)NC(C)(C)C3)ccc12. The molecule has 1 fully saturated rings. The number of nitrogens with one attached hydrogen (secondary N) is 2. The van der Waals surface area contributed by atoms with Crippen LogP contribution in [-0.4, -0.2) is 29.6 Å². The van der Waals surface area contributed by atoms with Gasteiger partial charge in [0, 0.05) is 34.6 Å². The van der Waals surface area contributed by atoms with E-state index in [1.165, 1.54) is 6.07 Å². The van der Waals surface area contributed by atoms with Crippen molar-refractivity contribution in [3.05, 3.63) is 40.2 Å². The number of hydrogen-bond acceptors (Lipinski definition) is 5. The van der Waals surface area contributed by atoms with Crippen LogP contribution in [0.3, 0.4) is 0 Å². The zero-order valence-electron chi connectivity index (χ0n) is 16.6. The number of carbonyl (C=O) groups excluding carboxylic acids is 1. The minimum atomic E-state index is -0.397. The lowest BCUT2D eigenvalue weighted by Gasteiger charge is -2.46. The number of piperidine rings is 1. The van der Waals surface area contributed by atoms with Crippen molar-refractivity contribution in [2.24, 2.45) is 0 Å². The van der Waals surface area contributed by atoms with Crippen molar-refractivity contribution in [2.45, 2.75) is 64.6 Å². The van der Waals surface area contributed by atoms with Gasteiger partial charge in [0.1, 0.15) is 11.3 Å². The average molecular weight is 372 g/mol. The summed E-state index contributed by atoms with van der Waals surface area (Å²) in [7, 11) is 0. The molecule has 1 aliphatic rings. The van der Waals surface area contributed by atoms with Gasteiger partial charge < -0.3 is 19.8 Å². The van der Waals surface area contributed by atoms with Crippen LogP contribution in [-0.2, 0) is 4.79 Å². The number of rotatable bonds is 4. The fourth-order valence-corrected chi connectivity index (χ4v) is 4.24. The van der Waals surface area contributed by atoms with Crippen LogP contribution in [0.4, 0.5) is 0 Å². The second-order valence-corrected chi connectivity index (χ2v) is 8.76. The van der Waals surface area contributed by atoms with Crippen molar-refractivity contribution in [3.63, 3.8) is 0 Å². The van der Waals surface area contributed by atoms with E-state index in [9.17, 15) is 9.59 Å². The second-order valence-electron chi connectivity index (χ2n) is 8.76. The van der Waals surface area contributed by atoms with E-state index in [4.69, 9.17) is 9.15 Å². The molecule has 0 unspecified atom stereocenters. The van der Waals surface area contributed by atoms with Gasteiger partial charge in [0.2, 0.25) is 0 Å². The van der Waals surface area contributed by atoms with Crippen molar-refractivity contribution in [3.8, 4) is 5.75 Å². The molecule has 3 rings (SSSR count). The number of carbonyl (C=O) groups is 1. The molecule has 1 aromatic heterocycles. The van der Waals surface area contributed by atoms with E-state index in [0.717, 1.165) is 23.8 Å². The predicted octanol–water partition coefficient (Wildman–Crippen LogP) is 2.91. The maximum atomic E-state index is 12.3. The second kappa shape index (κ2) is 7.00. The zero-order chi connectivity index (χ0) is 19.8. The highest BCUT2D eigenvalue weighted by atomic mass is 16.5. The van der Waals surface area contributed by atoms with Crippen molar-refractivity contribution in [2.75, 3.05) is 6.61 Å². The number of ether oxygens (including phenoxy) is 1. The molecule has 0 saturated carbocycles. The Kier molecular flexibility index (Phi) is 5.04. The molecule has 1 amide bonds. The number of aryl methyl sites for hydroxylation is 1. The van der Waals surface area contributed by atoms with Gasteiger partial charge in [-0.15, -0.1) is 0 Å². The summed E-state index contributed by atoms with van der Waals surface area (Å²) in [4.78, 5) is 23.9. The average Bonchev–Trinajstić information content (AvgIpc) is 2.49. The van der Waals surface area contributed by atoms with E-state index < -0.39 is 5.63 Å². The molecule has 6 nitrogen and oxygen atoms in total. The van der Waals surface area contributed by atoms with Gasteiger partial charge in [-0.2, -0.15) is 0 Å². The van der Waals surface area contributed by atoms with Crippen molar-refractivity contribution in [1.82, 2.24) is 10.6 Å². The van der Waals surface area contributed by atoms with E-state index >= 15 is 0 Å². The Labute approximate surface area is 159 Å². The normalized spacial score (nSPS) is 19.0. The highest BCUT2D eigenvalue weighted by molar-refractivity contribution is 5.81.